The molecule has 19 heavy (non-hydrogen) atoms. The lowest BCUT2D eigenvalue weighted by atomic mass is 9.83. The van der Waals surface area contributed by atoms with Gasteiger partial charge in [-0.1, -0.05) is 13.8 Å². The molecule has 0 amide bonds. The van der Waals surface area contributed by atoms with Crippen molar-refractivity contribution in [2.24, 2.45) is 5.41 Å². The zero-order valence-corrected chi connectivity index (χ0v) is 11.7. The fourth-order valence-corrected chi connectivity index (χ4v) is 2.40. The summed E-state index contributed by atoms with van der Waals surface area (Å²) in [6, 6.07) is 4.03. The SMILES string of the molecule is CCC(CC)(CO)CNCc1c[nH]c2ncccc12. The third-order valence-electron chi connectivity index (χ3n) is 4.19. The molecule has 0 aliphatic rings. The molecule has 0 fully saturated rings. The lowest BCUT2D eigenvalue weighted by Crippen LogP contribution is -2.36. The number of rotatable bonds is 7. The molecule has 104 valence electrons. The highest BCUT2D eigenvalue weighted by Crippen LogP contribution is 2.24. The predicted octanol–water partition coefficient (Wildman–Crippen LogP) is 2.45. The molecule has 0 bridgehead atoms. The number of pyridine rings is 1. The van der Waals surface area contributed by atoms with Crippen molar-refractivity contribution in [3.05, 3.63) is 30.1 Å². The van der Waals surface area contributed by atoms with E-state index in [1.807, 2.05) is 12.3 Å². The third kappa shape index (κ3) is 2.96. The van der Waals surface area contributed by atoms with E-state index in [2.05, 4.69) is 35.2 Å². The Bertz CT molecular complexity index is 509. The Morgan fingerprint density at radius 3 is 2.84 bits per heavy atom. The molecule has 0 atom stereocenters. The average molecular weight is 261 g/mol. The summed E-state index contributed by atoms with van der Waals surface area (Å²) in [5.41, 5.74) is 2.16. The lowest BCUT2D eigenvalue weighted by molar-refractivity contribution is 0.113. The first-order chi connectivity index (χ1) is 9.24. The van der Waals surface area contributed by atoms with Gasteiger partial charge in [-0.05, 0) is 30.5 Å². The van der Waals surface area contributed by atoms with Crippen LogP contribution in [0.5, 0.6) is 0 Å². The number of nitrogens with one attached hydrogen (secondary N) is 2. The molecule has 0 spiro atoms. The first-order valence-corrected chi connectivity index (χ1v) is 6.97. The van der Waals surface area contributed by atoms with Gasteiger partial charge in [0, 0.05) is 42.9 Å². The Kier molecular flexibility index (Phi) is 4.56. The van der Waals surface area contributed by atoms with Crippen LogP contribution in [0.4, 0.5) is 0 Å². The van der Waals surface area contributed by atoms with Crippen LogP contribution < -0.4 is 5.32 Å². The fourth-order valence-electron chi connectivity index (χ4n) is 2.40. The molecule has 0 saturated heterocycles. The van der Waals surface area contributed by atoms with Crippen LogP contribution in [-0.4, -0.2) is 28.2 Å². The molecular weight excluding hydrogens is 238 g/mol. The van der Waals surface area contributed by atoms with Crippen LogP contribution in [0.2, 0.25) is 0 Å². The van der Waals surface area contributed by atoms with Crippen molar-refractivity contribution in [2.75, 3.05) is 13.2 Å². The molecule has 4 nitrogen and oxygen atoms in total. The van der Waals surface area contributed by atoms with Crippen LogP contribution in [0.15, 0.2) is 24.5 Å². The summed E-state index contributed by atoms with van der Waals surface area (Å²) in [4.78, 5) is 7.46. The van der Waals surface area contributed by atoms with Gasteiger partial charge in [-0.25, -0.2) is 4.98 Å². The maximum absolute atomic E-state index is 9.55. The van der Waals surface area contributed by atoms with Gasteiger partial charge in [0.05, 0.1) is 0 Å². The van der Waals surface area contributed by atoms with E-state index in [1.54, 1.807) is 6.20 Å². The van der Waals surface area contributed by atoms with Crippen LogP contribution in [0.1, 0.15) is 32.3 Å². The number of hydrogen-bond acceptors (Lipinski definition) is 3. The summed E-state index contributed by atoms with van der Waals surface area (Å²) >= 11 is 0. The number of aromatic nitrogens is 2. The van der Waals surface area contributed by atoms with Crippen LogP contribution in [-0.2, 0) is 6.54 Å². The van der Waals surface area contributed by atoms with Crippen LogP contribution in [0.25, 0.3) is 11.0 Å². The largest absolute Gasteiger partial charge is 0.396 e. The van der Waals surface area contributed by atoms with Gasteiger partial charge < -0.3 is 15.4 Å². The zero-order valence-electron chi connectivity index (χ0n) is 11.7. The molecule has 4 heteroatoms. The summed E-state index contributed by atoms with van der Waals surface area (Å²) in [6.45, 7) is 6.15. The van der Waals surface area contributed by atoms with E-state index in [1.165, 1.54) is 5.56 Å². The monoisotopic (exact) mass is 261 g/mol. The van der Waals surface area contributed by atoms with Gasteiger partial charge in [-0.15, -0.1) is 0 Å². The number of nitrogens with zero attached hydrogens (tertiary/aromatic N) is 1. The van der Waals surface area contributed by atoms with Crippen molar-refractivity contribution in [1.29, 1.82) is 0 Å². The quantitative estimate of drug-likeness (QED) is 0.717. The minimum Gasteiger partial charge on any atom is -0.396 e. The van der Waals surface area contributed by atoms with Gasteiger partial charge in [0.25, 0.3) is 0 Å². The van der Waals surface area contributed by atoms with Crippen molar-refractivity contribution in [3.8, 4) is 0 Å². The average Bonchev–Trinajstić information content (AvgIpc) is 2.88. The topological polar surface area (TPSA) is 60.9 Å². The van der Waals surface area contributed by atoms with Gasteiger partial charge >= 0.3 is 0 Å². The van der Waals surface area contributed by atoms with Gasteiger partial charge in [-0.2, -0.15) is 0 Å². The molecule has 2 aromatic rings. The van der Waals surface area contributed by atoms with E-state index >= 15 is 0 Å². The molecule has 0 aromatic carbocycles. The van der Waals surface area contributed by atoms with Crippen molar-refractivity contribution < 1.29 is 5.11 Å². The molecule has 0 radical (unpaired) electrons. The standard InChI is InChI=1S/C15H23N3O/c1-3-15(4-2,11-19)10-16-8-12-9-18-14-13(12)6-5-7-17-14/h5-7,9,16,19H,3-4,8,10-11H2,1-2H3,(H,17,18). The number of aliphatic hydroxyl groups is 1. The second kappa shape index (κ2) is 6.17. The van der Waals surface area contributed by atoms with Gasteiger partial charge in [-0.3, -0.25) is 0 Å². The maximum Gasteiger partial charge on any atom is 0.137 e. The Hall–Kier alpha value is -1.39. The molecule has 2 heterocycles. The Labute approximate surface area is 114 Å². The van der Waals surface area contributed by atoms with Crippen LogP contribution >= 0.6 is 0 Å². The normalized spacial score (nSPS) is 12.2. The second-order valence-electron chi connectivity index (χ2n) is 5.18. The van der Waals surface area contributed by atoms with E-state index in [4.69, 9.17) is 0 Å². The Morgan fingerprint density at radius 1 is 1.37 bits per heavy atom. The summed E-state index contributed by atoms with van der Waals surface area (Å²) in [6.07, 6.45) is 5.77. The predicted molar refractivity (Wildman–Crippen MR) is 77.9 cm³/mol. The van der Waals surface area contributed by atoms with Gasteiger partial charge in [0.2, 0.25) is 0 Å². The van der Waals surface area contributed by atoms with Crippen molar-refractivity contribution in [2.45, 2.75) is 33.2 Å². The Morgan fingerprint density at radius 2 is 2.16 bits per heavy atom. The molecule has 0 unspecified atom stereocenters. The molecule has 2 aromatic heterocycles. The van der Waals surface area contributed by atoms with E-state index in [0.29, 0.717) is 0 Å². The number of H-pyrrole nitrogens is 1. The number of hydrogen-bond donors (Lipinski definition) is 3. The molecule has 0 saturated carbocycles. The number of aromatic amines is 1. The van der Waals surface area contributed by atoms with E-state index in [0.717, 1.165) is 37.0 Å². The van der Waals surface area contributed by atoms with E-state index < -0.39 is 0 Å². The maximum atomic E-state index is 9.55. The summed E-state index contributed by atoms with van der Waals surface area (Å²) in [5, 5.41) is 14.2. The van der Waals surface area contributed by atoms with Crippen LogP contribution in [0, 0.1) is 5.41 Å². The van der Waals surface area contributed by atoms with E-state index in [9.17, 15) is 5.11 Å². The highest BCUT2D eigenvalue weighted by molar-refractivity contribution is 5.79. The molecule has 3 N–H and O–H groups in total. The first kappa shape index (κ1) is 14.0. The first-order valence-electron chi connectivity index (χ1n) is 6.97. The highest BCUT2D eigenvalue weighted by atomic mass is 16.3. The number of aliphatic hydroxyl groups excluding tert-OH is 1. The summed E-state index contributed by atoms with van der Waals surface area (Å²) in [5.74, 6) is 0. The molecular formula is C15H23N3O. The summed E-state index contributed by atoms with van der Waals surface area (Å²) < 4.78 is 0. The lowest BCUT2D eigenvalue weighted by Gasteiger charge is -2.29. The zero-order chi connectivity index (χ0) is 13.7. The molecule has 0 aliphatic carbocycles. The van der Waals surface area contributed by atoms with Crippen LogP contribution in [0.3, 0.4) is 0 Å². The Balaban J connectivity index is 1.99. The molecule has 2 rings (SSSR count). The van der Waals surface area contributed by atoms with Crippen molar-refractivity contribution in [3.63, 3.8) is 0 Å². The van der Waals surface area contributed by atoms with Crippen molar-refractivity contribution >= 4 is 11.0 Å². The highest BCUT2D eigenvalue weighted by Gasteiger charge is 2.24. The number of fused-ring (bicyclic) bond motifs is 1. The fraction of sp³-hybridized carbons (Fsp3) is 0.533. The molecule has 0 aliphatic heterocycles. The van der Waals surface area contributed by atoms with Gasteiger partial charge in [0.15, 0.2) is 0 Å². The second-order valence-corrected chi connectivity index (χ2v) is 5.18. The minimum atomic E-state index is 0.00433. The van der Waals surface area contributed by atoms with Crippen molar-refractivity contribution in [1.82, 2.24) is 15.3 Å². The van der Waals surface area contributed by atoms with Gasteiger partial charge in [0.1, 0.15) is 5.65 Å². The summed E-state index contributed by atoms with van der Waals surface area (Å²) in [7, 11) is 0. The van der Waals surface area contributed by atoms with E-state index in [-0.39, 0.29) is 12.0 Å². The minimum absolute atomic E-state index is 0.00433. The smallest absolute Gasteiger partial charge is 0.137 e. The third-order valence-corrected chi connectivity index (χ3v) is 4.19.